The third-order valence-electron chi connectivity index (χ3n) is 3.36. The van der Waals surface area contributed by atoms with Gasteiger partial charge in [0.1, 0.15) is 21.1 Å². The van der Waals surface area contributed by atoms with Crippen LogP contribution < -0.4 is 8.45 Å². The van der Waals surface area contributed by atoms with Crippen LogP contribution in [0.3, 0.4) is 0 Å². The highest BCUT2D eigenvalue weighted by Gasteiger charge is 2.28. The number of pyridine rings is 1. The van der Waals surface area contributed by atoms with Crippen LogP contribution in [0.4, 0.5) is 5.69 Å². The highest BCUT2D eigenvalue weighted by molar-refractivity contribution is 8.09. The Hall–Kier alpha value is -2.24. The SMILES string of the molecule is COc1cccc(-c2nc3cc(N(S(C)(=O)=O)S(C)(=O)=O)cnc3s2)c1. The van der Waals surface area contributed by atoms with E-state index in [0.29, 0.717) is 24.8 Å². The maximum atomic E-state index is 11.9. The Morgan fingerprint density at radius 2 is 1.77 bits per heavy atom. The first-order valence-electron chi connectivity index (χ1n) is 7.21. The summed E-state index contributed by atoms with van der Waals surface area (Å²) in [6.45, 7) is 0. The van der Waals surface area contributed by atoms with Crippen LogP contribution in [0.5, 0.6) is 5.75 Å². The average Bonchev–Trinajstić information content (AvgIpc) is 2.95. The number of thiazole rings is 1. The molecule has 0 saturated carbocycles. The number of benzene rings is 1. The predicted octanol–water partition coefficient (Wildman–Crippen LogP) is 2.09. The molecular weight excluding hydrogens is 398 g/mol. The topological polar surface area (TPSA) is 107 Å². The number of hydrogen-bond acceptors (Lipinski definition) is 8. The van der Waals surface area contributed by atoms with E-state index in [-0.39, 0.29) is 5.69 Å². The quantitative estimate of drug-likeness (QED) is 0.630. The van der Waals surface area contributed by atoms with Gasteiger partial charge in [0, 0.05) is 5.56 Å². The van der Waals surface area contributed by atoms with Crippen molar-refractivity contribution in [3.63, 3.8) is 0 Å². The number of rotatable bonds is 5. The van der Waals surface area contributed by atoms with Crippen molar-refractivity contribution in [2.45, 2.75) is 0 Å². The number of fused-ring (bicyclic) bond motifs is 1. The average molecular weight is 414 g/mol. The molecule has 0 amide bonds. The lowest BCUT2D eigenvalue weighted by molar-refractivity contribution is 0.415. The molecule has 0 atom stereocenters. The van der Waals surface area contributed by atoms with Crippen LogP contribution in [-0.4, -0.2) is 46.4 Å². The highest BCUT2D eigenvalue weighted by atomic mass is 32.3. The van der Waals surface area contributed by atoms with E-state index in [2.05, 4.69) is 9.97 Å². The second-order valence-electron chi connectivity index (χ2n) is 5.49. The Kier molecular flexibility index (Phi) is 4.63. The molecule has 2 heterocycles. The molecule has 0 radical (unpaired) electrons. The zero-order chi connectivity index (χ0) is 19.1. The number of ether oxygens (including phenoxy) is 1. The fourth-order valence-electron chi connectivity index (χ4n) is 2.42. The summed E-state index contributed by atoms with van der Waals surface area (Å²) in [5, 5.41) is 0.661. The molecule has 0 N–H and O–H groups in total. The zero-order valence-electron chi connectivity index (χ0n) is 14.1. The first-order valence-corrected chi connectivity index (χ1v) is 11.7. The minimum absolute atomic E-state index is 0.0787. The van der Waals surface area contributed by atoms with E-state index in [9.17, 15) is 16.8 Å². The lowest BCUT2D eigenvalue weighted by atomic mass is 10.2. The van der Waals surface area contributed by atoms with Crippen LogP contribution >= 0.6 is 11.3 Å². The van der Waals surface area contributed by atoms with Crippen LogP contribution in [0.2, 0.25) is 0 Å². The van der Waals surface area contributed by atoms with Gasteiger partial charge in [-0.15, -0.1) is 0 Å². The molecule has 0 spiro atoms. The summed E-state index contributed by atoms with van der Waals surface area (Å²) in [6.07, 6.45) is 2.85. The van der Waals surface area contributed by atoms with E-state index in [1.54, 1.807) is 7.11 Å². The van der Waals surface area contributed by atoms with Crippen molar-refractivity contribution in [1.82, 2.24) is 9.97 Å². The molecule has 3 aromatic rings. The number of aromatic nitrogens is 2. The van der Waals surface area contributed by atoms with Crippen molar-refractivity contribution < 1.29 is 21.6 Å². The van der Waals surface area contributed by atoms with E-state index < -0.39 is 20.0 Å². The molecule has 0 aliphatic rings. The van der Waals surface area contributed by atoms with Gasteiger partial charge in [0.15, 0.2) is 0 Å². The highest BCUT2D eigenvalue weighted by Crippen LogP contribution is 2.33. The van der Waals surface area contributed by atoms with E-state index >= 15 is 0 Å². The maximum Gasteiger partial charge on any atom is 0.245 e. The summed E-state index contributed by atoms with van der Waals surface area (Å²) >= 11 is 1.31. The van der Waals surface area contributed by atoms with Crippen molar-refractivity contribution in [2.75, 3.05) is 23.3 Å². The standard InChI is InChI=1S/C15H15N3O5S3/c1-23-12-6-4-5-10(7-12)14-17-13-8-11(9-16-15(13)24-14)18(25(2,19)20)26(3,21)22/h4-9H,1-3H3. The summed E-state index contributed by atoms with van der Waals surface area (Å²) in [5.41, 5.74) is 1.14. The third-order valence-corrected chi connectivity index (χ3v) is 7.64. The molecule has 8 nitrogen and oxygen atoms in total. The number of hydrogen-bond donors (Lipinski definition) is 0. The Bertz CT molecular complexity index is 1150. The zero-order valence-corrected chi connectivity index (χ0v) is 16.5. The largest absolute Gasteiger partial charge is 0.497 e. The number of methoxy groups -OCH3 is 1. The van der Waals surface area contributed by atoms with Crippen LogP contribution in [0.1, 0.15) is 0 Å². The van der Waals surface area contributed by atoms with Crippen LogP contribution in [0.15, 0.2) is 36.5 Å². The van der Waals surface area contributed by atoms with Gasteiger partial charge in [0.25, 0.3) is 0 Å². The van der Waals surface area contributed by atoms with Crippen molar-refractivity contribution in [3.05, 3.63) is 36.5 Å². The van der Waals surface area contributed by atoms with Gasteiger partial charge in [0.05, 0.1) is 31.5 Å². The number of sulfonamides is 2. The number of nitrogens with zero attached hydrogens (tertiary/aromatic N) is 3. The lowest BCUT2D eigenvalue weighted by Crippen LogP contribution is -2.35. The third kappa shape index (κ3) is 3.64. The summed E-state index contributed by atoms with van der Waals surface area (Å²) in [6, 6.07) is 8.71. The van der Waals surface area contributed by atoms with E-state index in [1.807, 2.05) is 24.3 Å². The van der Waals surface area contributed by atoms with Gasteiger partial charge in [-0.25, -0.2) is 26.8 Å². The molecule has 0 aliphatic carbocycles. The minimum Gasteiger partial charge on any atom is -0.497 e. The summed E-state index contributed by atoms with van der Waals surface area (Å²) < 4.78 is 53.1. The second kappa shape index (κ2) is 6.49. The Morgan fingerprint density at radius 1 is 1.08 bits per heavy atom. The van der Waals surface area contributed by atoms with Gasteiger partial charge in [-0.3, -0.25) is 0 Å². The van der Waals surface area contributed by atoms with Crippen LogP contribution in [0, 0.1) is 0 Å². The molecule has 0 fully saturated rings. The molecule has 0 unspecified atom stereocenters. The van der Waals surface area contributed by atoms with Crippen molar-refractivity contribution in [3.8, 4) is 16.3 Å². The van der Waals surface area contributed by atoms with Gasteiger partial charge >= 0.3 is 0 Å². The molecule has 2 aromatic heterocycles. The molecule has 138 valence electrons. The normalized spacial score (nSPS) is 12.3. The lowest BCUT2D eigenvalue weighted by Gasteiger charge is -2.18. The predicted molar refractivity (Wildman–Crippen MR) is 102 cm³/mol. The fourth-order valence-corrected chi connectivity index (χ4v) is 6.24. The van der Waals surface area contributed by atoms with Crippen LogP contribution in [-0.2, 0) is 20.0 Å². The van der Waals surface area contributed by atoms with Crippen molar-refractivity contribution in [1.29, 1.82) is 0 Å². The minimum atomic E-state index is -4.03. The second-order valence-corrected chi connectivity index (χ2v) is 10.4. The number of anilines is 1. The fraction of sp³-hybridized carbons (Fsp3) is 0.200. The molecule has 0 saturated heterocycles. The van der Waals surface area contributed by atoms with Crippen LogP contribution in [0.25, 0.3) is 20.9 Å². The molecule has 0 bridgehead atoms. The monoisotopic (exact) mass is 413 g/mol. The Balaban J connectivity index is 2.13. The van der Waals surface area contributed by atoms with E-state index in [0.717, 1.165) is 18.1 Å². The first-order chi connectivity index (χ1) is 12.1. The van der Waals surface area contributed by atoms with Gasteiger partial charge in [0.2, 0.25) is 20.0 Å². The summed E-state index contributed by atoms with van der Waals surface area (Å²) in [7, 11) is -6.50. The van der Waals surface area contributed by atoms with Gasteiger partial charge < -0.3 is 4.74 Å². The summed E-state index contributed by atoms with van der Waals surface area (Å²) in [4.78, 5) is 9.19. The first kappa shape index (κ1) is 18.5. The Morgan fingerprint density at radius 3 is 2.38 bits per heavy atom. The maximum absolute atomic E-state index is 11.9. The van der Waals surface area contributed by atoms with Crippen molar-refractivity contribution >= 4 is 47.4 Å². The van der Waals surface area contributed by atoms with Gasteiger partial charge in [-0.2, -0.15) is 3.71 Å². The van der Waals surface area contributed by atoms with Gasteiger partial charge in [-0.05, 0) is 18.2 Å². The van der Waals surface area contributed by atoms with E-state index in [1.165, 1.54) is 23.6 Å². The van der Waals surface area contributed by atoms with Crippen molar-refractivity contribution in [2.24, 2.45) is 0 Å². The molecular formula is C15H15N3O5S3. The molecule has 0 aliphatic heterocycles. The molecule has 26 heavy (non-hydrogen) atoms. The Labute approximate surface area is 155 Å². The molecule has 11 heteroatoms. The van der Waals surface area contributed by atoms with Gasteiger partial charge in [-0.1, -0.05) is 23.5 Å². The van der Waals surface area contributed by atoms with E-state index in [4.69, 9.17) is 4.74 Å². The smallest absolute Gasteiger partial charge is 0.245 e. The molecule has 3 rings (SSSR count). The molecule has 1 aromatic carbocycles. The summed E-state index contributed by atoms with van der Waals surface area (Å²) in [5.74, 6) is 0.677.